The second kappa shape index (κ2) is 8.07. The van der Waals surface area contributed by atoms with Crippen LogP contribution in [0.5, 0.6) is 0 Å². The Morgan fingerprint density at radius 3 is 2.41 bits per heavy atom. The van der Waals surface area contributed by atoms with Crippen LogP contribution in [0, 0.1) is 5.82 Å². The second-order valence-electron chi connectivity index (χ2n) is 9.65. The molecule has 10 heteroatoms. The van der Waals surface area contributed by atoms with Crippen LogP contribution < -0.4 is 16.4 Å². The molecule has 2 saturated heterocycles. The van der Waals surface area contributed by atoms with Gasteiger partial charge in [0.2, 0.25) is 15.9 Å². The van der Waals surface area contributed by atoms with Gasteiger partial charge in [-0.1, -0.05) is 0 Å². The van der Waals surface area contributed by atoms with Crippen LogP contribution >= 0.6 is 0 Å². The van der Waals surface area contributed by atoms with Gasteiger partial charge in [-0.25, -0.2) is 12.8 Å². The highest BCUT2D eigenvalue weighted by molar-refractivity contribution is 7.89. The van der Waals surface area contributed by atoms with E-state index in [1.165, 1.54) is 12.1 Å². The maximum absolute atomic E-state index is 14.5. The number of sulfonamides is 1. The molecule has 3 aliphatic heterocycles. The van der Waals surface area contributed by atoms with Gasteiger partial charge in [-0.2, -0.15) is 4.31 Å². The number of piperidine rings is 1. The van der Waals surface area contributed by atoms with Crippen LogP contribution in [0.15, 0.2) is 12.1 Å². The lowest BCUT2D eigenvalue weighted by Crippen LogP contribution is -2.55. The molecule has 1 aromatic rings. The van der Waals surface area contributed by atoms with E-state index in [1.54, 1.807) is 4.31 Å². The first kappa shape index (κ1) is 21.8. The summed E-state index contributed by atoms with van der Waals surface area (Å²) >= 11 is 0. The Morgan fingerprint density at radius 2 is 1.75 bits per heavy atom. The van der Waals surface area contributed by atoms with Crippen molar-refractivity contribution in [2.75, 3.05) is 5.32 Å². The number of nitrogens with one attached hydrogen (secondary N) is 2. The lowest BCUT2D eigenvalue weighted by atomic mass is 9.96. The minimum atomic E-state index is -3.40. The van der Waals surface area contributed by atoms with E-state index in [-0.39, 0.29) is 47.3 Å². The van der Waals surface area contributed by atoms with Crippen LogP contribution in [0.25, 0.3) is 0 Å². The number of benzene rings is 1. The first-order valence-electron chi connectivity index (χ1n) is 11.4. The van der Waals surface area contributed by atoms with Crippen molar-refractivity contribution in [1.82, 2.24) is 9.62 Å². The van der Waals surface area contributed by atoms with Crippen LogP contribution in [0.1, 0.15) is 67.3 Å². The fourth-order valence-corrected chi connectivity index (χ4v) is 8.34. The monoisotopic (exact) mass is 464 g/mol. The lowest BCUT2D eigenvalue weighted by molar-refractivity contribution is -0.115. The Balaban J connectivity index is 1.27. The molecular formula is C22H29FN4O4S. The van der Waals surface area contributed by atoms with E-state index >= 15 is 0 Å². The molecule has 4 aliphatic rings. The molecule has 3 atom stereocenters. The highest BCUT2D eigenvalue weighted by atomic mass is 32.2. The third-order valence-electron chi connectivity index (χ3n) is 7.50. The van der Waals surface area contributed by atoms with Crippen LogP contribution in [-0.4, -0.2) is 54.0 Å². The average molecular weight is 465 g/mol. The van der Waals surface area contributed by atoms with Crippen molar-refractivity contribution in [2.45, 2.75) is 87.2 Å². The van der Waals surface area contributed by atoms with Gasteiger partial charge in [0.05, 0.1) is 17.2 Å². The van der Waals surface area contributed by atoms with Gasteiger partial charge in [-0.15, -0.1) is 0 Å². The van der Waals surface area contributed by atoms with Gasteiger partial charge in [-0.05, 0) is 69.1 Å². The molecule has 174 valence electrons. The molecule has 4 N–H and O–H groups in total. The standard InChI is InChI=1S/C22H29FN4O4S/c23-19-11-20-12(8-21(28)26-20)7-18(19)22(29)25-14-9-15-3-4-16(10-14)27(15)32(30,31)17-5-1-13(24)2-6-17/h7,11,13-17H,1-6,8-10,24H2,(H,25,29)(H,26,28)/t13?,14?,15-,16+,17?. The fourth-order valence-electron chi connectivity index (χ4n) is 5.91. The fraction of sp³-hybridized carbons (Fsp3) is 0.636. The normalized spacial score (nSPS) is 32.4. The molecule has 32 heavy (non-hydrogen) atoms. The summed E-state index contributed by atoms with van der Waals surface area (Å²) in [7, 11) is -3.40. The summed E-state index contributed by atoms with van der Waals surface area (Å²) in [6, 6.07) is 2.23. The molecule has 2 amide bonds. The third kappa shape index (κ3) is 3.82. The van der Waals surface area contributed by atoms with Crippen LogP contribution in [0.2, 0.25) is 0 Å². The van der Waals surface area contributed by atoms with Crippen molar-refractivity contribution < 1.29 is 22.4 Å². The summed E-state index contributed by atoms with van der Waals surface area (Å²) < 4.78 is 42.9. The zero-order chi connectivity index (χ0) is 22.6. The predicted octanol–water partition coefficient (Wildman–Crippen LogP) is 1.65. The Labute approximate surface area is 187 Å². The van der Waals surface area contributed by atoms with E-state index in [1.807, 2.05) is 0 Å². The summed E-state index contributed by atoms with van der Waals surface area (Å²) in [5.74, 6) is -1.42. The number of hydrogen-bond acceptors (Lipinski definition) is 5. The number of nitrogens with two attached hydrogens (primary N) is 1. The Bertz CT molecular complexity index is 1040. The first-order chi connectivity index (χ1) is 15.2. The maximum atomic E-state index is 14.5. The largest absolute Gasteiger partial charge is 0.349 e. The number of carbonyl (C=O) groups is 2. The summed E-state index contributed by atoms with van der Waals surface area (Å²) in [5, 5.41) is 5.12. The Kier molecular flexibility index (Phi) is 5.50. The predicted molar refractivity (Wildman–Crippen MR) is 117 cm³/mol. The molecular weight excluding hydrogens is 435 g/mol. The highest BCUT2D eigenvalue weighted by Crippen LogP contribution is 2.41. The van der Waals surface area contributed by atoms with Crippen molar-refractivity contribution in [1.29, 1.82) is 0 Å². The van der Waals surface area contributed by atoms with Gasteiger partial charge < -0.3 is 16.4 Å². The number of halogens is 1. The summed E-state index contributed by atoms with van der Waals surface area (Å²) in [5.41, 5.74) is 6.88. The molecule has 8 nitrogen and oxygen atoms in total. The molecule has 1 saturated carbocycles. The van der Waals surface area contributed by atoms with Crippen molar-refractivity contribution in [3.05, 3.63) is 29.1 Å². The first-order valence-corrected chi connectivity index (χ1v) is 12.9. The zero-order valence-electron chi connectivity index (χ0n) is 17.8. The summed E-state index contributed by atoms with van der Waals surface area (Å²) in [6.45, 7) is 0. The maximum Gasteiger partial charge on any atom is 0.254 e. The molecule has 1 aliphatic carbocycles. The molecule has 3 fully saturated rings. The molecule has 0 radical (unpaired) electrons. The number of carbonyl (C=O) groups excluding carboxylic acids is 2. The van der Waals surface area contributed by atoms with Gasteiger partial charge in [0.25, 0.3) is 5.91 Å². The molecule has 3 heterocycles. The minimum Gasteiger partial charge on any atom is -0.349 e. The number of hydrogen-bond donors (Lipinski definition) is 3. The van der Waals surface area contributed by atoms with E-state index in [4.69, 9.17) is 5.73 Å². The SMILES string of the molecule is NC1CCC(S(=O)(=O)N2[C@@H]3CC[C@H]2CC(NC(=O)c2cc4c(cc2F)NC(=O)C4)C3)CC1. The number of amides is 2. The molecule has 2 bridgehead atoms. The van der Waals surface area contributed by atoms with Gasteiger partial charge >= 0.3 is 0 Å². The van der Waals surface area contributed by atoms with Crippen LogP contribution in [0.4, 0.5) is 10.1 Å². The number of rotatable bonds is 4. The highest BCUT2D eigenvalue weighted by Gasteiger charge is 2.49. The van der Waals surface area contributed by atoms with Crippen LogP contribution in [0.3, 0.4) is 0 Å². The van der Waals surface area contributed by atoms with Crippen LogP contribution in [-0.2, 0) is 21.2 Å². The summed E-state index contributed by atoms with van der Waals surface area (Å²) in [6.07, 6.45) is 5.43. The lowest BCUT2D eigenvalue weighted by Gasteiger charge is -2.41. The van der Waals surface area contributed by atoms with Crippen molar-refractivity contribution in [3.8, 4) is 0 Å². The van der Waals surface area contributed by atoms with E-state index < -0.39 is 21.7 Å². The van der Waals surface area contributed by atoms with E-state index in [9.17, 15) is 22.4 Å². The van der Waals surface area contributed by atoms with Gasteiger partial charge in [0, 0.05) is 29.9 Å². The van der Waals surface area contributed by atoms with E-state index in [0.29, 0.717) is 36.9 Å². The number of fused-ring (bicyclic) bond motifs is 3. The molecule has 0 aromatic heterocycles. The number of nitrogens with zero attached hydrogens (tertiary/aromatic N) is 1. The van der Waals surface area contributed by atoms with Gasteiger partial charge in [-0.3, -0.25) is 9.59 Å². The Morgan fingerprint density at radius 1 is 1.09 bits per heavy atom. The number of anilines is 1. The van der Waals surface area contributed by atoms with Crippen molar-refractivity contribution >= 4 is 27.5 Å². The molecule has 1 aromatic carbocycles. The van der Waals surface area contributed by atoms with Crippen molar-refractivity contribution in [3.63, 3.8) is 0 Å². The topological polar surface area (TPSA) is 122 Å². The van der Waals surface area contributed by atoms with E-state index in [2.05, 4.69) is 10.6 Å². The third-order valence-corrected chi connectivity index (χ3v) is 10.00. The van der Waals surface area contributed by atoms with Gasteiger partial charge in [0.1, 0.15) is 5.82 Å². The van der Waals surface area contributed by atoms with Crippen molar-refractivity contribution in [2.24, 2.45) is 5.73 Å². The Hall–Kier alpha value is -2.04. The molecule has 1 unspecified atom stereocenters. The molecule has 0 spiro atoms. The zero-order valence-corrected chi connectivity index (χ0v) is 18.7. The average Bonchev–Trinajstić information content (AvgIpc) is 3.23. The van der Waals surface area contributed by atoms with E-state index in [0.717, 1.165) is 25.7 Å². The smallest absolute Gasteiger partial charge is 0.254 e. The van der Waals surface area contributed by atoms with Gasteiger partial charge in [0.15, 0.2) is 0 Å². The second-order valence-corrected chi connectivity index (χ2v) is 11.8. The molecule has 5 rings (SSSR count). The minimum absolute atomic E-state index is 0.0822. The quantitative estimate of drug-likeness (QED) is 0.626. The summed E-state index contributed by atoms with van der Waals surface area (Å²) in [4.78, 5) is 24.3.